The third-order valence-corrected chi connectivity index (χ3v) is 4.42. The lowest BCUT2D eigenvalue weighted by Gasteiger charge is -2.08. The van der Waals surface area contributed by atoms with Crippen molar-refractivity contribution < 1.29 is 14.5 Å². The molecule has 0 aromatic heterocycles. The standard InChI is InChI=1S/C23H16ClN3O4/c24-19-9-7-16(8-10-19)15-31-22-6-1-3-17(12-22)11-18(14-25)23(28)26-20-4-2-5-21(13-20)27(29)30/h1-13H,15H2,(H,26,28)/b18-11+. The van der Waals surface area contributed by atoms with E-state index in [1.54, 1.807) is 36.4 Å². The molecule has 8 heteroatoms. The van der Waals surface area contributed by atoms with Crippen LogP contribution in [0, 0.1) is 21.4 Å². The predicted molar refractivity (Wildman–Crippen MR) is 118 cm³/mol. The Morgan fingerprint density at radius 2 is 1.87 bits per heavy atom. The number of hydrogen-bond acceptors (Lipinski definition) is 5. The molecule has 0 spiro atoms. The zero-order valence-electron chi connectivity index (χ0n) is 16.1. The van der Waals surface area contributed by atoms with Crippen LogP contribution in [-0.2, 0) is 11.4 Å². The van der Waals surface area contributed by atoms with E-state index < -0.39 is 10.8 Å². The first-order valence-corrected chi connectivity index (χ1v) is 9.47. The number of nitrogens with one attached hydrogen (secondary N) is 1. The number of nitro benzene ring substituents is 1. The van der Waals surface area contributed by atoms with E-state index in [1.807, 2.05) is 18.2 Å². The average molecular weight is 434 g/mol. The average Bonchev–Trinajstić information content (AvgIpc) is 2.77. The molecule has 3 aromatic rings. The molecule has 0 saturated heterocycles. The Balaban J connectivity index is 1.71. The topological polar surface area (TPSA) is 105 Å². The highest BCUT2D eigenvalue weighted by Gasteiger charge is 2.12. The minimum atomic E-state index is -0.671. The van der Waals surface area contributed by atoms with E-state index in [1.165, 1.54) is 30.3 Å². The molecule has 0 bridgehead atoms. The van der Waals surface area contributed by atoms with Gasteiger partial charge in [0, 0.05) is 22.8 Å². The van der Waals surface area contributed by atoms with Crippen molar-refractivity contribution in [2.75, 3.05) is 5.32 Å². The van der Waals surface area contributed by atoms with E-state index >= 15 is 0 Å². The Morgan fingerprint density at radius 3 is 2.58 bits per heavy atom. The fourth-order valence-electron chi connectivity index (χ4n) is 2.65. The number of amides is 1. The SMILES string of the molecule is N#C/C(=C\c1cccc(OCc2ccc(Cl)cc2)c1)C(=O)Nc1cccc([N+](=O)[O-])c1. The van der Waals surface area contributed by atoms with Crippen molar-refractivity contribution >= 4 is 35.0 Å². The van der Waals surface area contributed by atoms with Gasteiger partial charge in [0.1, 0.15) is 24.0 Å². The summed E-state index contributed by atoms with van der Waals surface area (Å²) < 4.78 is 5.76. The van der Waals surface area contributed by atoms with Crippen LogP contribution in [0.1, 0.15) is 11.1 Å². The third kappa shape index (κ3) is 6.16. The number of rotatable bonds is 7. The van der Waals surface area contributed by atoms with E-state index in [4.69, 9.17) is 16.3 Å². The van der Waals surface area contributed by atoms with Crippen LogP contribution in [0.25, 0.3) is 6.08 Å². The van der Waals surface area contributed by atoms with Crippen LogP contribution in [-0.4, -0.2) is 10.8 Å². The fourth-order valence-corrected chi connectivity index (χ4v) is 2.78. The van der Waals surface area contributed by atoms with Crippen LogP contribution < -0.4 is 10.1 Å². The Kier molecular flexibility index (Phi) is 6.99. The minimum Gasteiger partial charge on any atom is -0.489 e. The van der Waals surface area contributed by atoms with E-state index in [-0.39, 0.29) is 16.9 Å². The Hall–Kier alpha value is -4.15. The molecule has 0 aliphatic carbocycles. The number of benzene rings is 3. The van der Waals surface area contributed by atoms with Gasteiger partial charge in [-0.1, -0.05) is 41.9 Å². The van der Waals surface area contributed by atoms with Crippen LogP contribution in [0.4, 0.5) is 11.4 Å². The second-order valence-corrected chi connectivity index (χ2v) is 6.86. The van der Waals surface area contributed by atoms with Crippen molar-refractivity contribution in [1.82, 2.24) is 0 Å². The Bertz CT molecular complexity index is 1180. The smallest absolute Gasteiger partial charge is 0.271 e. The van der Waals surface area contributed by atoms with Gasteiger partial charge in [-0.15, -0.1) is 0 Å². The zero-order valence-corrected chi connectivity index (χ0v) is 16.9. The van der Waals surface area contributed by atoms with E-state index in [0.717, 1.165) is 5.56 Å². The maximum atomic E-state index is 12.4. The molecule has 0 fully saturated rings. The number of nitro groups is 1. The lowest BCUT2D eigenvalue weighted by molar-refractivity contribution is -0.384. The van der Waals surface area contributed by atoms with Crippen LogP contribution in [0.5, 0.6) is 5.75 Å². The molecule has 0 radical (unpaired) electrons. The maximum Gasteiger partial charge on any atom is 0.271 e. The van der Waals surface area contributed by atoms with Gasteiger partial charge in [-0.2, -0.15) is 5.26 Å². The molecular formula is C23H16ClN3O4. The molecule has 0 saturated carbocycles. The van der Waals surface area contributed by atoms with Gasteiger partial charge in [0.15, 0.2) is 0 Å². The number of carbonyl (C=O) groups is 1. The summed E-state index contributed by atoms with van der Waals surface area (Å²) in [6.45, 7) is 0.336. The highest BCUT2D eigenvalue weighted by Crippen LogP contribution is 2.20. The third-order valence-electron chi connectivity index (χ3n) is 4.17. The number of nitriles is 1. The molecule has 3 rings (SSSR count). The van der Waals surface area contributed by atoms with Gasteiger partial charge >= 0.3 is 0 Å². The van der Waals surface area contributed by atoms with Crippen LogP contribution in [0.2, 0.25) is 5.02 Å². The van der Waals surface area contributed by atoms with Gasteiger partial charge in [-0.25, -0.2) is 0 Å². The summed E-state index contributed by atoms with van der Waals surface area (Å²) in [6.07, 6.45) is 1.42. The first-order valence-electron chi connectivity index (χ1n) is 9.09. The summed E-state index contributed by atoms with van der Waals surface area (Å²) in [5.41, 5.74) is 1.45. The minimum absolute atomic E-state index is 0.152. The summed E-state index contributed by atoms with van der Waals surface area (Å²) in [6, 6.07) is 21.6. The van der Waals surface area contributed by atoms with Gasteiger partial charge in [0.2, 0.25) is 0 Å². The number of nitrogens with zero attached hydrogens (tertiary/aromatic N) is 2. The number of carbonyl (C=O) groups excluding carboxylic acids is 1. The molecular weight excluding hydrogens is 418 g/mol. The van der Waals surface area contributed by atoms with Crippen LogP contribution >= 0.6 is 11.6 Å². The van der Waals surface area contributed by atoms with Crippen LogP contribution in [0.15, 0.2) is 78.4 Å². The second kappa shape index (κ2) is 10.1. The van der Waals surface area contributed by atoms with Gasteiger partial charge in [-0.3, -0.25) is 14.9 Å². The highest BCUT2D eigenvalue weighted by molar-refractivity contribution is 6.30. The van der Waals surface area contributed by atoms with E-state index in [9.17, 15) is 20.2 Å². The molecule has 0 heterocycles. The summed E-state index contributed by atoms with van der Waals surface area (Å²) in [5.74, 6) is -0.101. The summed E-state index contributed by atoms with van der Waals surface area (Å²) in [7, 11) is 0. The first kappa shape index (κ1) is 21.6. The molecule has 31 heavy (non-hydrogen) atoms. The summed E-state index contributed by atoms with van der Waals surface area (Å²) >= 11 is 5.87. The molecule has 1 N–H and O–H groups in total. The van der Waals surface area contributed by atoms with Crippen LogP contribution in [0.3, 0.4) is 0 Å². The first-order chi connectivity index (χ1) is 14.9. The van der Waals surface area contributed by atoms with Gasteiger partial charge < -0.3 is 10.1 Å². The largest absolute Gasteiger partial charge is 0.489 e. The van der Waals surface area contributed by atoms with Crippen molar-refractivity contribution in [2.24, 2.45) is 0 Å². The number of ether oxygens (including phenoxy) is 1. The summed E-state index contributed by atoms with van der Waals surface area (Å²) in [4.78, 5) is 22.7. The molecule has 7 nitrogen and oxygen atoms in total. The summed E-state index contributed by atoms with van der Waals surface area (Å²) in [5, 5.41) is 23.4. The molecule has 3 aromatic carbocycles. The zero-order chi connectivity index (χ0) is 22.2. The molecule has 0 aliphatic heterocycles. The molecule has 154 valence electrons. The van der Waals surface area contributed by atoms with Crippen molar-refractivity contribution in [1.29, 1.82) is 5.26 Å². The Morgan fingerprint density at radius 1 is 1.13 bits per heavy atom. The quantitative estimate of drug-likeness (QED) is 0.233. The highest BCUT2D eigenvalue weighted by atomic mass is 35.5. The van der Waals surface area contributed by atoms with E-state index in [0.29, 0.717) is 22.9 Å². The number of anilines is 1. The van der Waals surface area contributed by atoms with Crippen molar-refractivity contribution in [3.05, 3.63) is 105 Å². The monoisotopic (exact) mass is 433 g/mol. The van der Waals surface area contributed by atoms with Gasteiger partial charge in [-0.05, 0) is 47.5 Å². The van der Waals surface area contributed by atoms with Crippen molar-refractivity contribution in [3.63, 3.8) is 0 Å². The van der Waals surface area contributed by atoms with Gasteiger partial charge in [0.25, 0.3) is 11.6 Å². The lowest BCUT2D eigenvalue weighted by atomic mass is 10.1. The van der Waals surface area contributed by atoms with E-state index in [2.05, 4.69) is 5.32 Å². The number of halogens is 1. The molecule has 1 amide bonds. The normalized spacial score (nSPS) is 10.8. The van der Waals surface area contributed by atoms with Gasteiger partial charge in [0.05, 0.1) is 4.92 Å². The Labute approximate surface area is 183 Å². The molecule has 0 unspecified atom stereocenters. The van der Waals surface area contributed by atoms with Crippen molar-refractivity contribution in [3.8, 4) is 11.8 Å². The molecule has 0 atom stereocenters. The van der Waals surface area contributed by atoms with Crippen molar-refractivity contribution in [2.45, 2.75) is 6.61 Å². The predicted octanol–water partition coefficient (Wildman–Crippen LogP) is 5.37. The lowest BCUT2D eigenvalue weighted by Crippen LogP contribution is -2.13. The number of non-ortho nitro benzene ring substituents is 1. The number of hydrogen-bond donors (Lipinski definition) is 1. The maximum absolute atomic E-state index is 12.4. The fraction of sp³-hybridized carbons (Fsp3) is 0.0435. The second-order valence-electron chi connectivity index (χ2n) is 6.42. The molecule has 0 aliphatic rings.